The Balaban J connectivity index is 1.81. The molecule has 2 heteroatoms. The van der Waals surface area contributed by atoms with Crippen LogP contribution in [0.15, 0.2) is 0 Å². The van der Waals surface area contributed by atoms with Crippen LogP contribution in [0.5, 0.6) is 0 Å². The van der Waals surface area contributed by atoms with Gasteiger partial charge in [0.2, 0.25) is 0 Å². The third-order valence-electron chi connectivity index (χ3n) is 4.22. The number of alkyl halides is 1. The van der Waals surface area contributed by atoms with Crippen LogP contribution in [0.3, 0.4) is 0 Å². The highest BCUT2D eigenvalue weighted by Crippen LogP contribution is 2.25. The number of hydrogen-bond acceptors (Lipinski definition) is 1. The van der Waals surface area contributed by atoms with Gasteiger partial charge < -0.3 is 4.90 Å². The lowest BCUT2D eigenvalue weighted by Crippen LogP contribution is -2.25. The van der Waals surface area contributed by atoms with Gasteiger partial charge in [-0.05, 0) is 45.2 Å². The van der Waals surface area contributed by atoms with Gasteiger partial charge in [-0.15, -0.1) is 0 Å². The highest BCUT2D eigenvalue weighted by molar-refractivity contribution is 9.09. The van der Waals surface area contributed by atoms with E-state index in [9.17, 15) is 0 Å². The van der Waals surface area contributed by atoms with Gasteiger partial charge in [0, 0.05) is 11.9 Å². The van der Waals surface area contributed by atoms with Gasteiger partial charge >= 0.3 is 0 Å². The Bertz CT molecular complexity index is 178. The van der Waals surface area contributed by atoms with E-state index in [2.05, 4.69) is 27.9 Å². The van der Waals surface area contributed by atoms with Crippen molar-refractivity contribution >= 4 is 15.9 Å². The molecule has 0 radical (unpaired) electrons. The Kier molecular flexibility index (Phi) is 10.3. The molecule has 18 heavy (non-hydrogen) atoms. The third-order valence-corrected chi connectivity index (χ3v) is 4.78. The van der Waals surface area contributed by atoms with E-state index in [4.69, 9.17) is 0 Å². The van der Waals surface area contributed by atoms with Gasteiger partial charge in [-0.2, -0.15) is 0 Å². The van der Waals surface area contributed by atoms with E-state index in [1.54, 1.807) is 0 Å². The molecule has 0 bridgehead atoms. The molecule has 0 aromatic heterocycles. The lowest BCUT2D eigenvalue weighted by Gasteiger charge is -2.20. The van der Waals surface area contributed by atoms with Crippen molar-refractivity contribution in [1.29, 1.82) is 0 Å². The fraction of sp³-hybridized carbons (Fsp3) is 1.00. The molecular formula is C16H32BrN. The smallest absolute Gasteiger partial charge is 0.00313 e. The number of hydrogen-bond donors (Lipinski definition) is 0. The van der Waals surface area contributed by atoms with Gasteiger partial charge in [-0.25, -0.2) is 0 Å². The summed E-state index contributed by atoms with van der Waals surface area (Å²) < 4.78 is 0. The Morgan fingerprint density at radius 2 is 1.44 bits per heavy atom. The zero-order valence-electron chi connectivity index (χ0n) is 12.3. The highest BCUT2D eigenvalue weighted by atomic mass is 79.9. The van der Waals surface area contributed by atoms with Gasteiger partial charge in [-0.3, -0.25) is 0 Å². The summed E-state index contributed by atoms with van der Waals surface area (Å²) in [6.07, 6.45) is 15.8. The molecule has 1 rings (SSSR count). The van der Waals surface area contributed by atoms with E-state index >= 15 is 0 Å². The van der Waals surface area contributed by atoms with Crippen LogP contribution in [-0.2, 0) is 0 Å². The average molecular weight is 318 g/mol. The molecule has 1 nitrogen and oxygen atoms in total. The van der Waals surface area contributed by atoms with E-state index in [0.29, 0.717) is 0 Å². The normalized spacial score (nSPS) is 16.8. The molecule has 1 aliphatic rings. The van der Waals surface area contributed by atoms with E-state index in [1.165, 1.54) is 89.0 Å². The standard InChI is InChI=1S/C16H32BrN/c1-18(15-16-11-7-8-12-16)14-10-6-4-2-3-5-9-13-17/h16H,2-15H2,1H3. The highest BCUT2D eigenvalue weighted by Gasteiger charge is 2.16. The van der Waals surface area contributed by atoms with Crippen molar-refractivity contribution < 1.29 is 0 Å². The lowest BCUT2D eigenvalue weighted by atomic mass is 10.1. The molecule has 0 aromatic rings. The van der Waals surface area contributed by atoms with Gasteiger partial charge in [0.15, 0.2) is 0 Å². The largest absolute Gasteiger partial charge is 0.306 e. The third kappa shape index (κ3) is 8.53. The van der Waals surface area contributed by atoms with E-state index in [-0.39, 0.29) is 0 Å². The topological polar surface area (TPSA) is 3.24 Å². The maximum Gasteiger partial charge on any atom is 0.00313 e. The quantitative estimate of drug-likeness (QED) is 0.372. The fourth-order valence-electron chi connectivity index (χ4n) is 3.09. The van der Waals surface area contributed by atoms with E-state index < -0.39 is 0 Å². The number of halogens is 1. The maximum absolute atomic E-state index is 3.49. The van der Waals surface area contributed by atoms with Crippen LogP contribution < -0.4 is 0 Å². The number of nitrogens with zero attached hydrogens (tertiary/aromatic N) is 1. The first-order chi connectivity index (χ1) is 8.83. The van der Waals surface area contributed by atoms with Crippen LogP contribution in [0.2, 0.25) is 0 Å². The molecular weight excluding hydrogens is 286 g/mol. The van der Waals surface area contributed by atoms with Crippen molar-refractivity contribution in [2.45, 2.75) is 70.6 Å². The Labute approximate surface area is 123 Å². The molecule has 0 aliphatic heterocycles. The van der Waals surface area contributed by atoms with Crippen molar-refractivity contribution in [3.05, 3.63) is 0 Å². The molecule has 1 saturated carbocycles. The van der Waals surface area contributed by atoms with Crippen molar-refractivity contribution in [2.75, 3.05) is 25.5 Å². The van der Waals surface area contributed by atoms with Crippen LogP contribution in [0, 0.1) is 5.92 Å². The average Bonchev–Trinajstić information content (AvgIpc) is 2.85. The fourth-order valence-corrected chi connectivity index (χ4v) is 3.48. The predicted molar refractivity (Wildman–Crippen MR) is 85.6 cm³/mol. The first-order valence-electron chi connectivity index (χ1n) is 8.07. The van der Waals surface area contributed by atoms with E-state index in [0.717, 1.165) is 5.92 Å². The SMILES string of the molecule is CN(CCCCCCCCCBr)CC1CCCC1. The monoisotopic (exact) mass is 317 g/mol. The van der Waals surface area contributed by atoms with Gasteiger partial charge in [-0.1, -0.05) is 60.9 Å². The minimum absolute atomic E-state index is 1.01. The maximum atomic E-state index is 3.49. The first kappa shape index (κ1) is 16.5. The minimum Gasteiger partial charge on any atom is -0.306 e. The summed E-state index contributed by atoms with van der Waals surface area (Å²) in [6, 6.07) is 0. The van der Waals surface area contributed by atoms with Crippen LogP contribution >= 0.6 is 15.9 Å². The minimum atomic E-state index is 1.01. The van der Waals surface area contributed by atoms with Crippen molar-refractivity contribution in [1.82, 2.24) is 4.90 Å². The summed E-state index contributed by atoms with van der Waals surface area (Å²) in [5, 5.41) is 1.18. The Hall–Kier alpha value is 0.440. The summed E-state index contributed by atoms with van der Waals surface area (Å²) in [7, 11) is 2.31. The molecule has 0 spiro atoms. The number of unbranched alkanes of at least 4 members (excludes halogenated alkanes) is 6. The van der Waals surface area contributed by atoms with Gasteiger partial charge in [0.25, 0.3) is 0 Å². The second-order valence-electron chi connectivity index (χ2n) is 6.08. The van der Waals surface area contributed by atoms with Crippen molar-refractivity contribution in [3.8, 4) is 0 Å². The van der Waals surface area contributed by atoms with Crippen LogP contribution in [0.25, 0.3) is 0 Å². The first-order valence-corrected chi connectivity index (χ1v) is 9.19. The second kappa shape index (κ2) is 11.3. The molecule has 0 saturated heterocycles. The van der Waals surface area contributed by atoms with Gasteiger partial charge in [0.1, 0.15) is 0 Å². The second-order valence-corrected chi connectivity index (χ2v) is 6.87. The van der Waals surface area contributed by atoms with Crippen LogP contribution in [0.1, 0.15) is 70.6 Å². The molecule has 0 atom stereocenters. The molecule has 0 unspecified atom stereocenters. The summed E-state index contributed by atoms with van der Waals surface area (Å²) >= 11 is 3.49. The Morgan fingerprint density at radius 3 is 2.06 bits per heavy atom. The molecule has 1 fully saturated rings. The molecule has 0 N–H and O–H groups in total. The number of rotatable bonds is 11. The van der Waals surface area contributed by atoms with Crippen LogP contribution in [-0.4, -0.2) is 30.4 Å². The molecule has 1 aliphatic carbocycles. The lowest BCUT2D eigenvalue weighted by molar-refractivity contribution is 0.272. The van der Waals surface area contributed by atoms with Crippen molar-refractivity contribution in [2.24, 2.45) is 5.92 Å². The molecule has 0 amide bonds. The summed E-state index contributed by atoms with van der Waals surface area (Å²) in [5.41, 5.74) is 0. The van der Waals surface area contributed by atoms with Crippen LogP contribution in [0.4, 0.5) is 0 Å². The van der Waals surface area contributed by atoms with Gasteiger partial charge in [0.05, 0.1) is 0 Å². The zero-order chi connectivity index (χ0) is 13.1. The molecule has 0 aromatic carbocycles. The summed E-state index contributed by atoms with van der Waals surface area (Å²) in [4.78, 5) is 2.57. The predicted octanol–water partition coefficient (Wildman–Crippen LogP) is 5.23. The van der Waals surface area contributed by atoms with E-state index in [1.807, 2.05) is 0 Å². The molecule has 108 valence electrons. The summed E-state index contributed by atoms with van der Waals surface area (Å²) in [5.74, 6) is 1.01. The molecule has 0 heterocycles. The Morgan fingerprint density at radius 1 is 0.889 bits per heavy atom. The summed E-state index contributed by atoms with van der Waals surface area (Å²) in [6.45, 7) is 2.67. The van der Waals surface area contributed by atoms with Crippen molar-refractivity contribution in [3.63, 3.8) is 0 Å². The zero-order valence-corrected chi connectivity index (χ0v) is 13.9.